The zero-order valence-corrected chi connectivity index (χ0v) is 14.5. The van der Waals surface area contributed by atoms with E-state index < -0.39 is 0 Å². The Balaban J connectivity index is 1.91. The Morgan fingerprint density at radius 3 is 1.78 bits per heavy atom. The van der Waals surface area contributed by atoms with E-state index in [1.165, 1.54) is 11.1 Å². The van der Waals surface area contributed by atoms with Crippen LogP contribution in [0.25, 0.3) is 0 Å². The summed E-state index contributed by atoms with van der Waals surface area (Å²) in [5, 5.41) is 0. The van der Waals surface area contributed by atoms with Gasteiger partial charge in [0.15, 0.2) is 0 Å². The highest BCUT2D eigenvalue weighted by Crippen LogP contribution is 2.41. The highest BCUT2D eigenvalue weighted by molar-refractivity contribution is 6.47. The fourth-order valence-electron chi connectivity index (χ4n) is 2.99. The summed E-state index contributed by atoms with van der Waals surface area (Å²) >= 11 is 0. The van der Waals surface area contributed by atoms with Gasteiger partial charge in [-0.1, -0.05) is 60.7 Å². The Morgan fingerprint density at radius 2 is 1.26 bits per heavy atom. The molecule has 1 aliphatic rings. The van der Waals surface area contributed by atoms with Gasteiger partial charge in [-0.25, -0.2) is 0 Å². The zero-order chi connectivity index (χ0) is 16.5. The van der Waals surface area contributed by atoms with Crippen molar-refractivity contribution >= 4 is 7.12 Å². The third-order valence-electron chi connectivity index (χ3n) is 5.13. The molecule has 2 aromatic rings. The fourth-order valence-corrected chi connectivity index (χ4v) is 2.99. The van der Waals surface area contributed by atoms with Crippen LogP contribution in [-0.4, -0.2) is 18.3 Å². The van der Waals surface area contributed by atoms with Crippen molar-refractivity contribution in [3.8, 4) is 0 Å². The molecule has 2 nitrogen and oxygen atoms in total. The first-order chi connectivity index (χ1) is 10.9. The van der Waals surface area contributed by atoms with E-state index in [-0.39, 0.29) is 24.1 Å². The maximum atomic E-state index is 6.33. The van der Waals surface area contributed by atoms with Gasteiger partial charge in [0, 0.05) is 5.82 Å². The number of hydrogen-bond acceptors (Lipinski definition) is 2. The third-order valence-corrected chi connectivity index (χ3v) is 5.13. The molecule has 1 fully saturated rings. The normalized spacial score (nSPS) is 20.4. The van der Waals surface area contributed by atoms with Crippen LogP contribution < -0.4 is 0 Å². The first-order valence-electron chi connectivity index (χ1n) is 8.33. The molecule has 23 heavy (non-hydrogen) atoms. The van der Waals surface area contributed by atoms with Gasteiger partial charge in [-0.15, -0.1) is 0 Å². The Morgan fingerprint density at radius 1 is 0.783 bits per heavy atom. The quantitative estimate of drug-likeness (QED) is 0.766. The molecule has 1 saturated heterocycles. The van der Waals surface area contributed by atoms with Gasteiger partial charge >= 0.3 is 7.12 Å². The van der Waals surface area contributed by atoms with Crippen LogP contribution in [0.2, 0.25) is 0 Å². The largest absolute Gasteiger partial charge is 0.466 e. The second-order valence-electron chi connectivity index (χ2n) is 7.33. The van der Waals surface area contributed by atoms with Gasteiger partial charge in [0.25, 0.3) is 0 Å². The summed E-state index contributed by atoms with van der Waals surface area (Å²) in [6, 6.07) is 21.1. The van der Waals surface area contributed by atoms with Crippen LogP contribution in [0.4, 0.5) is 0 Å². The van der Waals surface area contributed by atoms with Gasteiger partial charge in [-0.3, -0.25) is 0 Å². The Kier molecular flexibility index (Phi) is 4.35. The molecule has 0 N–H and O–H groups in total. The lowest BCUT2D eigenvalue weighted by atomic mass is 9.65. The molecule has 1 aliphatic heterocycles. The predicted octanol–water partition coefficient (Wildman–Crippen LogP) is 4.64. The molecule has 0 aromatic heterocycles. The molecule has 3 heteroatoms. The average Bonchev–Trinajstić information content (AvgIpc) is 2.75. The maximum Gasteiger partial charge on any atom is 0.466 e. The van der Waals surface area contributed by atoms with Crippen molar-refractivity contribution in [2.45, 2.75) is 51.1 Å². The van der Waals surface area contributed by atoms with Crippen molar-refractivity contribution in [2.24, 2.45) is 0 Å². The van der Waals surface area contributed by atoms with Crippen LogP contribution >= 0.6 is 0 Å². The zero-order valence-electron chi connectivity index (χ0n) is 14.5. The number of rotatable bonds is 4. The average molecular weight is 308 g/mol. The topological polar surface area (TPSA) is 18.5 Å². The molecule has 0 spiro atoms. The van der Waals surface area contributed by atoms with Crippen molar-refractivity contribution in [3.05, 3.63) is 71.8 Å². The SMILES string of the molecule is CC1(C)OB(C(Cc2ccccc2)c2ccccc2)OC1(C)C. The third kappa shape index (κ3) is 3.36. The summed E-state index contributed by atoms with van der Waals surface area (Å²) in [7, 11) is -0.234. The van der Waals surface area contributed by atoms with Crippen LogP contribution in [0.3, 0.4) is 0 Å². The molecule has 0 radical (unpaired) electrons. The van der Waals surface area contributed by atoms with Gasteiger partial charge in [-0.05, 0) is 45.2 Å². The molecule has 0 bridgehead atoms. The minimum atomic E-state index is -0.304. The molecule has 0 amide bonds. The van der Waals surface area contributed by atoms with Crippen molar-refractivity contribution in [3.63, 3.8) is 0 Å². The molecule has 0 aliphatic carbocycles. The summed E-state index contributed by atoms with van der Waals surface area (Å²) < 4.78 is 12.7. The van der Waals surface area contributed by atoms with Gasteiger partial charge < -0.3 is 9.31 Å². The van der Waals surface area contributed by atoms with Crippen molar-refractivity contribution < 1.29 is 9.31 Å². The second-order valence-corrected chi connectivity index (χ2v) is 7.33. The molecule has 1 atom stereocenters. The lowest BCUT2D eigenvalue weighted by Crippen LogP contribution is -2.41. The van der Waals surface area contributed by atoms with E-state index in [9.17, 15) is 0 Å². The molecule has 1 heterocycles. The van der Waals surface area contributed by atoms with E-state index in [0.29, 0.717) is 0 Å². The van der Waals surface area contributed by atoms with E-state index >= 15 is 0 Å². The van der Waals surface area contributed by atoms with Gasteiger partial charge in [0.05, 0.1) is 11.2 Å². The summed E-state index contributed by atoms with van der Waals surface area (Å²) in [6.45, 7) is 8.43. The molecular weight excluding hydrogens is 283 g/mol. The van der Waals surface area contributed by atoms with Crippen LogP contribution in [-0.2, 0) is 15.7 Å². The first kappa shape index (κ1) is 16.3. The lowest BCUT2D eigenvalue weighted by molar-refractivity contribution is 0.00578. The Hall–Kier alpha value is -1.58. The monoisotopic (exact) mass is 308 g/mol. The smallest absolute Gasteiger partial charge is 0.403 e. The molecule has 0 saturated carbocycles. The van der Waals surface area contributed by atoms with Crippen LogP contribution in [0.1, 0.15) is 44.6 Å². The summed E-state index contributed by atoms with van der Waals surface area (Å²) in [6.07, 6.45) is 0.904. The highest BCUT2D eigenvalue weighted by Gasteiger charge is 2.53. The minimum absolute atomic E-state index is 0.180. The summed E-state index contributed by atoms with van der Waals surface area (Å²) in [4.78, 5) is 0. The Labute approximate surface area is 140 Å². The van der Waals surface area contributed by atoms with Gasteiger partial charge in [0.1, 0.15) is 0 Å². The number of benzene rings is 2. The fraction of sp³-hybridized carbons (Fsp3) is 0.400. The number of hydrogen-bond donors (Lipinski definition) is 0. The first-order valence-corrected chi connectivity index (χ1v) is 8.33. The van der Waals surface area contributed by atoms with E-state index in [1.54, 1.807) is 0 Å². The van der Waals surface area contributed by atoms with Crippen molar-refractivity contribution in [1.82, 2.24) is 0 Å². The van der Waals surface area contributed by atoms with Crippen molar-refractivity contribution in [1.29, 1.82) is 0 Å². The van der Waals surface area contributed by atoms with Crippen molar-refractivity contribution in [2.75, 3.05) is 0 Å². The van der Waals surface area contributed by atoms with E-state index in [4.69, 9.17) is 9.31 Å². The van der Waals surface area contributed by atoms with E-state index in [0.717, 1.165) is 6.42 Å². The van der Waals surface area contributed by atoms with E-state index in [1.807, 2.05) is 6.07 Å². The molecule has 120 valence electrons. The summed E-state index contributed by atoms with van der Waals surface area (Å²) in [5.74, 6) is 0.180. The van der Waals surface area contributed by atoms with Crippen LogP contribution in [0, 0.1) is 0 Å². The maximum absolute atomic E-state index is 6.33. The van der Waals surface area contributed by atoms with Crippen LogP contribution in [0.15, 0.2) is 60.7 Å². The Bertz CT molecular complexity index is 621. The lowest BCUT2D eigenvalue weighted by Gasteiger charge is -2.32. The molecule has 2 aromatic carbocycles. The second kappa shape index (κ2) is 6.14. The minimum Gasteiger partial charge on any atom is -0.403 e. The van der Waals surface area contributed by atoms with E-state index in [2.05, 4.69) is 82.3 Å². The highest BCUT2D eigenvalue weighted by atomic mass is 16.7. The molecule has 3 rings (SSSR count). The van der Waals surface area contributed by atoms with Gasteiger partial charge in [0.2, 0.25) is 0 Å². The predicted molar refractivity (Wildman–Crippen MR) is 95.4 cm³/mol. The van der Waals surface area contributed by atoms with Crippen LogP contribution in [0.5, 0.6) is 0 Å². The standard InChI is InChI=1S/C20H25BO2/c1-19(2)20(3,4)23-21(22-19)18(17-13-9-6-10-14-17)15-16-11-7-5-8-12-16/h5-14,18H,15H2,1-4H3. The molecule has 1 unspecified atom stereocenters. The summed E-state index contributed by atoms with van der Waals surface area (Å²) in [5.41, 5.74) is 1.95. The van der Waals surface area contributed by atoms with Gasteiger partial charge in [-0.2, -0.15) is 0 Å². The molecular formula is C20H25BO2.